The van der Waals surface area contributed by atoms with Gasteiger partial charge in [-0.1, -0.05) is 0 Å². The molecule has 0 heterocycles. The first-order valence-electron chi connectivity index (χ1n) is 4.75. The fourth-order valence-electron chi connectivity index (χ4n) is 1.24. The third-order valence-corrected chi connectivity index (χ3v) is 1.94. The van der Waals surface area contributed by atoms with Gasteiger partial charge in [-0.05, 0) is 44.2 Å². The minimum atomic E-state index is 0.686. The molecule has 0 bridgehead atoms. The summed E-state index contributed by atoms with van der Waals surface area (Å²) in [6, 6.07) is 7.84. The summed E-state index contributed by atoms with van der Waals surface area (Å²) in [5.74, 6) is 1.77. The van der Waals surface area contributed by atoms with Crippen LogP contribution in [0.25, 0.3) is 5.76 Å². The third kappa shape index (κ3) is 2.52. The van der Waals surface area contributed by atoms with Gasteiger partial charge in [-0.2, -0.15) is 0 Å². The van der Waals surface area contributed by atoms with E-state index < -0.39 is 0 Å². The third-order valence-electron chi connectivity index (χ3n) is 1.94. The standard InChI is InChI=1S/C12H16O2/c1-4-12(14-5-2)10-6-8-11(13-3)9-7-10/h4,6-9H,5H2,1-3H3. The molecule has 0 spiro atoms. The van der Waals surface area contributed by atoms with E-state index in [-0.39, 0.29) is 0 Å². The highest BCUT2D eigenvalue weighted by atomic mass is 16.5. The summed E-state index contributed by atoms with van der Waals surface area (Å²) in [7, 11) is 1.66. The van der Waals surface area contributed by atoms with Crippen LogP contribution >= 0.6 is 0 Å². The summed E-state index contributed by atoms with van der Waals surface area (Å²) < 4.78 is 10.6. The summed E-state index contributed by atoms with van der Waals surface area (Å²) in [5.41, 5.74) is 1.08. The molecule has 0 atom stereocenters. The van der Waals surface area contributed by atoms with Crippen LogP contribution in [0.2, 0.25) is 0 Å². The van der Waals surface area contributed by atoms with Gasteiger partial charge in [-0.25, -0.2) is 0 Å². The molecule has 0 amide bonds. The normalized spacial score (nSPS) is 11.2. The van der Waals surface area contributed by atoms with Crippen LogP contribution in [0, 0.1) is 0 Å². The molecule has 2 nitrogen and oxygen atoms in total. The lowest BCUT2D eigenvalue weighted by molar-refractivity contribution is 0.297. The minimum absolute atomic E-state index is 0.686. The van der Waals surface area contributed by atoms with E-state index in [1.54, 1.807) is 7.11 Å². The molecule has 0 saturated carbocycles. The van der Waals surface area contributed by atoms with Gasteiger partial charge in [0, 0.05) is 5.56 Å². The second kappa shape index (κ2) is 5.32. The minimum Gasteiger partial charge on any atom is -0.497 e. The molecule has 14 heavy (non-hydrogen) atoms. The molecule has 1 aromatic carbocycles. The highest BCUT2D eigenvalue weighted by molar-refractivity contribution is 5.60. The van der Waals surface area contributed by atoms with Gasteiger partial charge in [0.25, 0.3) is 0 Å². The van der Waals surface area contributed by atoms with E-state index in [1.807, 2.05) is 44.2 Å². The molecule has 76 valence electrons. The lowest BCUT2D eigenvalue weighted by Crippen LogP contribution is -1.91. The van der Waals surface area contributed by atoms with Crippen LogP contribution in [0.15, 0.2) is 30.3 Å². The van der Waals surface area contributed by atoms with E-state index in [4.69, 9.17) is 9.47 Å². The summed E-state index contributed by atoms with van der Waals surface area (Å²) in [4.78, 5) is 0. The van der Waals surface area contributed by atoms with Gasteiger partial charge in [0.05, 0.1) is 13.7 Å². The predicted molar refractivity (Wildman–Crippen MR) is 58.3 cm³/mol. The van der Waals surface area contributed by atoms with E-state index >= 15 is 0 Å². The van der Waals surface area contributed by atoms with Crippen LogP contribution < -0.4 is 4.74 Å². The van der Waals surface area contributed by atoms with E-state index in [9.17, 15) is 0 Å². The molecular weight excluding hydrogens is 176 g/mol. The van der Waals surface area contributed by atoms with Gasteiger partial charge in [-0.15, -0.1) is 0 Å². The zero-order valence-electron chi connectivity index (χ0n) is 8.91. The summed E-state index contributed by atoms with van der Waals surface area (Å²) in [5, 5.41) is 0. The maximum absolute atomic E-state index is 5.47. The number of ether oxygens (including phenoxy) is 2. The summed E-state index contributed by atoms with van der Waals surface area (Å²) >= 11 is 0. The highest BCUT2D eigenvalue weighted by Crippen LogP contribution is 2.19. The Kier molecular flexibility index (Phi) is 4.05. The maximum atomic E-state index is 5.47. The van der Waals surface area contributed by atoms with Crippen LogP contribution in [0.1, 0.15) is 19.4 Å². The highest BCUT2D eigenvalue weighted by Gasteiger charge is 2.00. The maximum Gasteiger partial charge on any atom is 0.122 e. The van der Waals surface area contributed by atoms with Gasteiger partial charge in [-0.3, -0.25) is 0 Å². The molecule has 0 unspecified atom stereocenters. The van der Waals surface area contributed by atoms with Crippen molar-refractivity contribution in [3.8, 4) is 5.75 Å². The molecule has 0 radical (unpaired) electrons. The number of allylic oxidation sites excluding steroid dienone is 1. The van der Waals surface area contributed by atoms with E-state index in [1.165, 1.54) is 0 Å². The monoisotopic (exact) mass is 192 g/mol. The van der Waals surface area contributed by atoms with Crippen LogP contribution in [-0.2, 0) is 4.74 Å². The second-order valence-corrected chi connectivity index (χ2v) is 2.81. The molecule has 0 aliphatic heterocycles. The van der Waals surface area contributed by atoms with Gasteiger partial charge < -0.3 is 9.47 Å². The summed E-state index contributed by atoms with van der Waals surface area (Å²) in [6.45, 7) is 4.63. The predicted octanol–water partition coefficient (Wildman–Crippen LogP) is 3.09. The van der Waals surface area contributed by atoms with Crippen molar-refractivity contribution in [2.45, 2.75) is 13.8 Å². The van der Waals surface area contributed by atoms with E-state index in [2.05, 4.69) is 0 Å². The van der Waals surface area contributed by atoms with Crippen LogP contribution in [0.3, 0.4) is 0 Å². The number of benzene rings is 1. The van der Waals surface area contributed by atoms with Crippen molar-refractivity contribution >= 4 is 5.76 Å². The molecule has 0 N–H and O–H groups in total. The molecule has 0 aliphatic carbocycles. The van der Waals surface area contributed by atoms with Gasteiger partial charge in [0.2, 0.25) is 0 Å². The Morgan fingerprint density at radius 1 is 1.29 bits per heavy atom. The van der Waals surface area contributed by atoms with Gasteiger partial charge in [0.1, 0.15) is 11.5 Å². The van der Waals surface area contributed by atoms with Crippen molar-refractivity contribution in [2.24, 2.45) is 0 Å². The van der Waals surface area contributed by atoms with Crippen molar-refractivity contribution in [1.29, 1.82) is 0 Å². The van der Waals surface area contributed by atoms with Crippen molar-refractivity contribution in [3.63, 3.8) is 0 Å². The number of methoxy groups -OCH3 is 1. The van der Waals surface area contributed by atoms with E-state index in [0.29, 0.717) is 6.61 Å². The first kappa shape index (κ1) is 10.6. The molecule has 0 aliphatic rings. The Morgan fingerprint density at radius 3 is 2.36 bits per heavy atom. The van der Waals surface area contributed by atoms with Crippen molar-refractivity contribution < 1.29 is 9.47 Å². The second-order valence-electron chi connectivity index (χ2n) is 2.81. The summed E-state index contributed by atoms with van der Waals surface area (Å²) in [6.07, 6.45) is 1.96. The molecule has 0 saturated heterocycles. The Balaban J connectivity index is 2.84. The number of hydrogen-bond acceptors (Lipinski definition) is 2. The SMILES string of the molecule is CC=C(OCC)c1ccc(OC)cc1. The first-order chi connectivity index (χ1) is 6.81. The lowest BCUT2D eigenvalue weighted by Gasteiger charge is -2.08. The van der Waals surface area contributed by atoms with E-state index in [0.717, 1.165) is 17.1 Å². The smallest absolute Gasteiger partial charge is 0.122 e. The zero-order valence-corrected chi connectivity index (χ0v) is 8.91. The Bertz CT molecular complexity index is 299. The number of hydrogen-bond donors (Lipinski definition) is 0. The van der Waals surface area contributed by atoms with Crippen molar-refractivity contribution in [1.82, 2.24) is 0 Å². The van der Waals surface area contributed by atoms with Crippen molar-refractivity contribution in [3.05, 3.63) is 35.9 Å². The van der Waals surface area contributed by atoms with Gasteiger partial charge >= 0.3 is 0 Å². The quantitative estimate of drug-likeness (QED) is 0.682. The Morgan fingerprint density at radius 2 is 1.93 bits per heavy atom. The molecular formula is C12H16O2. The molecule has 1 aromatic rings. The van der Waals surface area contributed by atoms with Crippen LogP contribution in [0.4, 0.5) is 0 Å². The Hall–Kier alpha value is -1.44. The van der Waals surface area contributed by atoms with Crippen molar-refractivity contribution in [2.75, 3.05) is 13.7 Å². The average Bonchev–Trinajstić information content (AvgIpc) is 2.26. The Labute approximate surface area is 85.2 Å². The molecule has 0 fully saturated rings. The lowest BCUT2D eigenvalue weighted by atomic mass is 10.2. The fraction of sp³-hybridized carbons (Fsp3) is 0.333. The van der Waals surface area contributed by atoms with Gasteiger partial charge in [0.15, 0.2) is 0 Å². The first-order valence-corrected chi connectivity index (χ1v) is 4.75. The molecule has 2 heteroatoms. The fourth-order valence-corrected chi connectivity index (χ4v) is 1.24. The molecule has 1 rings (SSSR count). The zero-order chi connectivity index (χ0) is 10.4. The largest absolute Gasteiger partial charge is 0.497 e. The van der Waals surface area contributed by atoms with Crippen LogP contribution in [0.5, 0.6) is 5.75 Å². The number of rotatable bonds is 4. The average molecular weight is 192 g/mol. The molecule has 0 aromatic heterocycles. The van der Waals surface area contributed by atoms with Crippen LogP contribution in [-0.4, -0.2) is 13.7 Å². The topological polar surface area (TPSA) is 18.5 Å².